The van der Waals surface area contributed by atoms with Gasteiger partial charge in [-0.1, -0.05) is 0 Å². The third kappa shape index (κ3) is 3.85. The fourth-order valence-electron chi connectivity index (χ4n) is 1.35. The lowest BCUT2D eigenvalue weighted by atomic mass is 10.0. The van der Waals surface area contributed by atoms with Gasteiger partial charge >= 0.3 is 0 Å². The van der Waals surface area contributed by atoms with E-state index in [1.807, 2.05) is 19.1 Å². The van der Waals surface area contributed by atoms with Gasteiger partial charge in [-0.15, -0.1) is 0 Å². The van der Waals surface area contributed by atoms with Crippen LogP contribution in [0.15, 0.2) is 24.5 Å². The highest BCUT2D eigenvalue weighted by atomic mass is 16.5. The second-order valence-electron chi connectivity index (χ2n) is 3.50. The van der Waals surface area contributed by atoms with E-state index >= 15 is 0 Å². The molecule has 14 heavy (non-hydrogen) atoms. The number of methoxy groups -OCH3 is 1. The molecule has 0 aliphatic rings. The van der Waals surface area contributed by atoms with Crippen molar-refractivity contribution in [2.75, 3.05) is 7.11 Å². The van der Waals surface area contributed by atoms with E-state index in [4.69, 9.17) is 4.74 Å². The molecule has 0 radical (unpaired) electrons. The molecule has 78 valence electrons. The molecule has 1 rings (SSSR count). The molecule has 0 saturated carbocycles. The maximum Gasteiger partial charge on any atom is 0.0605 e. The zero-order chi connectivity index (χ0) is 10.4. The number of hydrogen-bond acceptors (Lipinski definition) is 3. The van der Waals surface area contributed by atoms with E-state index < -0.39 is 0 Å². The van der Waals surface area contributed by atoms with Gasteiger partial charge in [0, 0.05) is 19.5 Å². The summed E-state index contributed by atoms with van der Waals surface area (Å²) < 4.78 is 5.09. The summed E-state index contributed by atoms with van der Waals surface area (Å²) in [6.45, 7) is 1.95. The molecule has 2 atom stereocenters. The van der Waals surface area contributed by atoms with Crippen LogP contribution in [0.4, 0.5) is 0 Å². The van der Waals surface area contributed by atoms with E-state index in [-0.39, 0.29) is 12.2 Å². The first-order chi connectivity index (χ1) is 6.72. The Kier molecular flexibility index (Phi) is 4.56. The molecule has 1 heterocycles. The van der Waals surface area contributed by atoms with Crippen LogP contribution in [0.3, 0.4) is 0 Å². The van der Waals surface area contributed by atoms with E-state index in [2.05, 4.69) is 4.98 Å². The number of ether oxygens (including phenoxy) is 1. The van der Waals surface area contributed by atoms with Gasteiger partial charge in [-0.3, -0.25) is 4.98 Å². The number of hydrogen-bond donors (Lipinski definition) is 1. The molecule has 1 aromatic rings. The number of nitrogens with zero attached hydrogens (tertiary/aromatic N) is 1. The average molecular weight is 195 g/mol. The van der Waals surface area contributed by atoms with Crippen molar-refractivity contribution in [2.24, 2.45) is 0 Å². The van der Waals surface area contributed by atoms with Gasteiger partial charge < -0.3 is 9.84 Å². The summed E-state index contributed by atoms with van der Waals surface area (Å²) in [5.74, 6) is 0. The van der Waals surface area contributed by atoms with Crippen molar-refractivity contribution in [1.82, 2.24) is 4.98 Å². The van der Waals surface area contributed by atoms with E-state index in [1.165, 1.54) is 0 Å². The Morgan fingerprint density at radius 2 is 2.07 bits per heavy atom. The molecule has 0 amide bonds. The van der Waals surface area contributed by atoms with Crippen LogP contribution in [-0.4, -0.2) is 29.4 Å². The van der Waals surface area contributed by atoms with Crippen LogP contribution in [0.5, 0.6) is 0 Å². The van der Waals surface area contributed by atoms with E-state index in [1.54, 1.807) is 19.5 Å². The minimum atomic E-state index is -0.340. The zero-order valence-electron chi connectivity index (χ0n) is 8.68. The molecule has 0 aromatic carbocycles. The van der Waals surface area contributed by atoms with Crippen molar-refractivity contribution < 1.29 is 9.84 Å². The molecule has 0 bridgehead atoms. The Morgan fingerprint density at radius 3 is 2.64 bits per heavy atom. The van der Waals surface area contributed by atoms with Crippen LogP contribution in [0.2, 0.25) is 0 Å². The number of pyridine rings is 1. The highest BCUT2D eigenvalue weighted by molar-refractivity contribution is 5.10. The smallest absolute Gasteiger partial charge is 0.0605 e. The van der Waals surface area contributed by atoms with Crippen LogP contribution in [0.25, 0.3) is 0 Å². The fraction of sp³-hybridized carbons (Fsp3) is 0.545. The topological polar surface area (TPSA) is 42.4 Å². The molecule has 0 aliphatic carbocycles. The molecule has 0 saturated heterocycles. The summed E-state index contributed by atoms with van der Waals surface area (Å²) in [6, 6.07) is 3.83. The highest BCUT2D eigenvalue weighted by Crippen LogP contribution is 2.07. The van der Waals surface area contributed by atoms with Crippen molar-refractivity contribution >= 4 is 0 Å². The summed E-state index contributed by atoms with van der Waals surface area (Å²) in [5, 5.41) is 9.70. The van der Waals surface area contributed by atoms with Crippen molar-refractivity contribution in [3.63, 3.8) is 0 Å². The van der Waals surface area contributed by atoms with Gasteiger partial charge in [0.05, 0.1) is 12.2 Å². The van der Waals surface area contributed by atoms with E-state index in [0.29, 0.717) is 12.8 Å². The molecular formula is C11H17NO2. The minimum absolute atomic E-state index is 0.104. The van der Waals surface area contributed by atoms with Crippen LogP contribution < -0.4 is 0 Å². The fourth-order valence-corrected chi connectivity index (χ4v) is 1.35. The standard InChI is InChI=1S/C11H17NO2/c1-9(14-2)7-11(13)8-10-3-5-12-6-4-10/h3-6,9,11,13H,7-8H2,1-2H3. The molecule has 0 fully saturated rings. The monoisotopic (exact) mass is 195 g/mol. The van der Waals surface area contributed by atoms with Gasteiger partial charge in [0.15, 0.2) is 0 Å². The lowest BCUT2D eigenvalue weighted by Crippen LogP contribution is -2.18. The maximum atomic E-state index is 9.70. The Morgan fingerprint density at radius 1 is 1.43 bits per heavy atom. The summed E-state index contributed by atoms with van der Waals surface area (Å²) in [4.78, 5) is 3.92. The van der Waals surface area contributed by atoms with Gasteiger partial charge in [0.1, 0.15) is 0 Å². The summed E-state index contributed by atoms with van der Waals surface area (Å²) in [5.41, 5.74) is 1.11. The highest BCUT2D eigenvalue weighted by Gasteiger charge is 2.09. The van der Waals surface area contributed by atoms with Crippen LogP contribution >= 0.6 is 0 Å². The molecular weight excluding hydrogens is 178 g/mol. The average Bonchev–Trinajstić information content (AvgIpc) is 2.19. The zero-order valence-corrected chi connectivity index (χ0v) is 8.68. The normalized spacial score (nSPS) is 15.1. The minimum Gasteiger partial charge on any atom is -0.393 e. The lowest BCUT2D eigenvalue weighted by molar-refractivity contribution is 0.0565. The van der Waals surface area contributed by atoms with Crippen LogP contribution in [-0.2, 0) is 11.2 Å². The van der Waals surface area contributed by atoms with Crippen molar-refractivity contribution in [2.45, 2.75) is 32.0 Å². The Labute approximate surface area is 84.7 Å². The lowest BCUT2D eigenvalue weighted by Gasteiger charge is -2.14. The molecule has 0 spiro atoms. The molecule has 2 unspecified atom stereocenters. The molecule has 0 aliphatic heterocycles. The third-order valence-corrected chi connectivity index (χ3v) is 2.23. The first-order valence-electron chi connectivity index (χ1n) is 4.82. The first-order valence-corrected chi connectivity index (χ1v) is 4.82. The summed E-state index contributed by atoms with van der Waals surface area (Å²) in [6.07, 6.45) is 4.57. The summed E-state index contributed by atoms with van der Waals surface area (Å²) >= 11 is 0. The summed E-state index contributed by atoms with van der Waals surface area (Å²) in [7, 11) is 1.66. The molecule has 3 nitrogen and oxygen atoms in total. The van der Waals surface area contributed by atoms with Gasteiger partial charge in [-0.25, -0.2) is 0 Å². The number of rotatable bonds is 5. The molecule has 1 N–H and O–H groups in total. The van der Waals surface area contributed by atoms with Crippen molar-refractivity contribution in [3.8, 4) is 0 Å². The Bertz CT molecular complexity index is 251. The molecule has 3 heteroatoms. The van der Waals surface area contributed by atoms with Gasteiger partial charge in [-0.2, -0.15) is 0 Å². The van der Waals surface area contributed by atoms with E-state index in [9.17, 15) is 5.11 Å². The van der Waals surface area contributed by atoms with Crippen LogP contribution in [0.1, 0.15) is 18.9 Å². The second-order valence-corrected chi connectivity index (χ2v) is 3.50. The Balaban J connectivity index is 2.37. The van der Waals surface area contributed by atoms with Crippen molar-refractivity contribution in [1.29, 1.82) is 0 Å². The number of aliphatic hydroxyl groups is 1. The van der Waals surface area contributed by atoms with E-state index in [0.717, 1.165) is 5.56 Å². The third-order valence-electron chi connectivity index (χ3n) is 2.23. The second kappa shape index (κ2) is 5.73. The predicted molar refractivity (Wildman–Crippen MR) is 55.0 cm³/mol. The van der Waals surface area contributed by atoms with Crippen LogP contribution in [0, 0.1) is 0 Å². The maximum absolute atomic E-state index is 9.70. The van der Waals surface area contributed by atoms with Gasteiger partial charge in [0.2, 0.25) is 0 Å². The number of aromatic nitrogens is 1. The largest absolute Gasteiger partial charge is 0.393 e. The number of aliphatic hydroxyl groups excluding tert-OH is 1. The SMILES string of the molecule is COC(C)CC(O)Cc1ccncc1. The van der Waals surface area contributed by atoms with Crippen molar-refractivity contribution in [3.05, 3.63) is 30.1 Å². The first kappa shape index (κ1) is 11.1. The predicted octanol–water partition coefficient (Wildman–Crippen LogP) is 1.41. The quantitative estimate of drug-likeness (QED) is 0.772. The van der Waals surface area contributed by atoms with Gasteiger partial charge in [0.25, 0.3) is 0 Å². The Hall–Kier alpha value is -0.930. The molecule has 1 aromatic heterocycles. The van der Waals surface area contributed by atoms with Gasteiger partial charge in [-0.05, 0) is 37.5 Å².